The van der Waals surface area contributed by atoms with Crippen LogP contribution in [0.25, 0.3) is 6.08 Å². The predicted molar refractivity (Wildman–Crippen MR) is 82.2 cm³/mol. The molecule has 2 aromatic carbocycles. The van der Waals surface area contributed by atoms with Crippen molar-refractivity contribution in [3.8, 4) is 23.0 Å². The molecule has 0 fully saturated rings. The first-order valence-electron chi connectivity index (χ1n) is 6.54. The number of benzene rings is 2. The number of methoxy groups -OCH3 is 2. The van der Waals surface area contributed by atoms with Gasteiger partial charge in [0, 0.05) is 0 Å². The number of ether oxygens (including phenoxy) is 3. The summed E-state index contributed by atoms with van der Waals surface area (Å²) in [4.78, 5) is 0. The molecule has 21 heavy (non-hydrogen) atoms. The Labute approximate surface area is 124 Å². The third-order valence-electron chi connectivity index (χ3n) is 2.90. The van der Waals surface area contributed by atoms with Crippen molar-refractivity contribution in [2.75, 3.05) is 20.8 Å². The van der Waals surface area contributed by atoms with Gasteiger partial charge in [-0.25, -0.2) is 0 Å². The van der Waals surface area contributed by atoms with Gasteiger partial charge in [0.1, 0.15) is 12.4 Å². The zero-order chi connectivity index (χ0) is 15.1. The van der Waals surface area contributed by atoms with E-state index >= 15 is 0 Å². The summed E-state index contributed by atoms with van der Waals surface area (Å²) in [5.74, 6) is 1.57. The van der Waals surface area contributed by atoms with Gasteiger partial charge in [0.25, 0.3) is 0 Å². The Morgan fingerprint density at radius 1 is 1.00 bits per heavy atom. The van der Waals surface area contributed by atoms with Crippen LogP contribution in [0.1, 0.15) is 5.56 Å². The van der Waals surface area contributed by atoms with Crippen molar-refractivity contribution < 1.29 is 19.3 Å². The Morgan fingerprint density at radius 2 is 1.62 bits per heavy atom. The molecule has 0 aliphatic carbocycles. The Kier molecular flexibility index (Phi) is 5.10. The molecule has 0 aromatic heterocycles. The normalized spacial score (nSPS) is 10.6. The van der Waals surface area contributed by atoms with Gasteiger partial charge in [-0.15, -0.1) is 0 Å². The van der Waals surface area contributed by atoms with Crippen LogP contribution in [0, 0.1) is 0 Å². The minimum Gasteiger partial charge on any atom is -0.502 e. The van der Waals surface area contributed by atoms with E-state index in [-0.39, 0.29) is 5.75 Å². The lowest BCUT2D eigenvalue weighted by molar-refractivity contribution is 0.339. The zero-order valence-electron chi connectivity index (χ0n) is 12.1. The maximum atomic E-state index is 9.83. The number of phenols is 1. The quantitative estimate of drug-likeness (QED) is 0.883. The highest BCUT2D eigenvalue weighted by atomic mass is 16.5. The van der Waals surface area contributed by atoms with E-state index in [0.717, 1.165) is 11.3 Å². The maximum absolute atomic E-state index is 9.83. The summed E-state index contributed by atoms with van der Waals surface area (Å²) in [7, 11) is 3.00. The van der Waals surface area contributed by atoms with E-state index in [2.05, 4.69) is 0 Å². The standard InChI is InChI=1S/C17H18O4/c1-19-15-11-13(12-16(20-2)17(15)18)7-6-10-21-14-8-4-3-5-9-14/h3-9,11-12,18H,10H2,1-2H3/b7-6+. The number of aromatic hydroxyl groups is 1. The molecule has 0 bridgehead atoms. The van der Waals surface area contributed by atoms with E-state index in [4.69, 9.17) is 14.2 Å². The average molecular weight is 286 g/mol. The first kappa shape index (κ1) is 14.8. The van der Waals surface area contributed by atoms with Crippen LogP contribution in [0.4, 0.5) is 0 Å². The highest BCUT2D eigenvalue weighted by Gasteiger charge is 2.09. The van der Waals surface area contributed by atoms with E-state index in [1.807, 2.05) is 42.5 Å². The van der Waals surface area contributed by atoms with Gasteiger partial charge < -0.3 is 19.3 Å². The average Bonchev–Trinajstić information content (AvgIpc) is 2.53. The molecule has 0 atom stereocenters. The first-order chi connectivity index (χ1) is 10.2. The number of phenolic OH excluding ortho intramolecular Hbond substituents is 1. The first-order valence-corrected chi connectivity index (χ1v) is 6.54. The number of rotatable bonds is 6. The van der Waals surface area contributed by atoms with Crippen LogP contribution in [0.3, 0.4) is 0 Å². The van der Waals surface area contributed by atoms with E-state index in [0.29, 0.717) is 18.1 Å². The van der Waals surface area contributed by atoms with Crippen molar-refractivity contribution in [2.24, 2.45) is 0 Å². The third kappa shape index (κ3) is 3.92. The van der Waals surface area contributed by atoms with Gasteiger partial charge in [0.15, 0.2) is 11.5 Å². The van der Waals surface area contributed by atoms with E-state index < -0.39 is 0 Å². The van der Waals surface area contributed by atoms with Crippen LogP contribution in [0.5, 0.6) is 23.0 Å². The SMILES string of the molecule is COc1cc(/C=C/COc2ccccc2)cc(OC)c1O. The van der Waals surface area contributed by atoms with Crippen molar-refractivity contribution in [1.82, 2.24) is 0 Å². The molecule has 0 spiro atoms. The highest BCUT2D eigenvalue weighted by molar-refractivity contribution is 5.61. The summed E-state index contributed by atoms with van der Waals surface area (Å²) in [6.07, 6.45) is 3.77. The molecule has 0 aliphatic heterocycles. The minimum absolute atomic E-state index is 0.00214. The second-order valence-electron chi connectivity index (χ2n) is 4.30. The molecule has 0 heterocycles. The fourth-order valence-corrected chi connectivity index (χ4v) is 1.86. The van der Waals surface area contributed by atoms with Crippen LogP contribution < -0.4 is 14.2 Å². The topological polar surface area (TPSA) is 47.9 Å². The van der Waals surface area contributed by atoms with Crippen molar-refractivity contribution in [2.45, 2.75) is 0 Å². The molecule has 2 rings (SSSR count). The van der Waals surface area contributed by atoms with Crippen molar-refractivity contribution in [3.05, 3.63) is 54.1 Å². The molecule has 0 amide bonds. The number of hydrogen-bond donors (Lipinski definition) is 1. The molecule has 0 radical (unpaired) electrons. The summed E-state index contributed by atoms with van der Waals surface area (Å²) in [5, 5.41) is 9.83. The van der Waals surface area contributed by atoms with Gasteiger partial charge in [-0.2, -0.15) is 0 Å². The minimum atomic E-state index is -0.00214. The van der Waals surface area contributed by atoms with Gasteiger partial charge in [0.2, 0.25) is 5.75 Å². The predicted octanol–water partition coefficient (Wildman–Crippen LogP) is 3.50. The van der Waals surface area contributed by atoms with E-state index in [9.17, 15) is 5.11 Å². The van der Waals surface area contributed by atoms with E-state index in [1.54, 1.807) is 12.1 Å². The van der Waals surface area contributed by atoms with Crippen molar-refractivity contribution in [1.29, 1.82) is 0 Å². The fourth-order valence-electron chi connectivity index (χ4n) is 1.86. The molecule has 110 valence electrons. The second-order valence-corrected chi connectivity index (χ2v) is 4.30. The summed E-state index contributed by atoms with van der Waals surface area (Å²) in [5.41, 5.74) is 0.859. The molecule has 0 unspecified atom stereocenters. The fraction of sp³-hybridized carbons (Fsp3) is 0.176. The monoisotopic (exact) mass is 286 g/mol. The molecule has 1 N–H and O–H groups in total. The van der Waals surface area contributed by atoms with E-state index in [1.165, 1.54) is 14.2 Å². The third-order valence-corrected chi connectivity index (χ3v) is 2.90. The molecule has 0 saturated carbocycles. The molecule has 0 saturated heterocycles. The summed E-state index contributed by atoms with van der Waals surface area (Å²) in [6, 6.07) is 13.1. The maximum Gasteiger partial charge on any atom is 0.200 e. The lowest BCUT2D eigenvalue weighted by Gasteiger charge is -2.09. The molecule has 2 aromatic rings. The molecular weight excluding hydrogens is 268 g/mol. The van der Waals surface area contributed by atoms with Crippen LogP contribution in [-0.2, 0) is 0 Å². The van der Waals surface area contributed by atoms with Crippen LogP contribution in [0.15, 0.2) is 48.5 Å². The summed E-state index contributed by atoms with van der Waals surface area (Å²) >= 11 is 0. The number of hydrogen-bond acceptors (Lipinski definition) is 4. The van der Waals surface area contributed by atoms with Gasteiger partial charge >= 0.3 is 0 Å². The highest BCUT2D eigenvalue weighted by Crippen LogP contribution is 2.37. The molecular formula is C17H18O4. The number of para-hydroxylation sites is 1. The zero-order valence-corrected chi connectivity index (χ0v) is 12.1. The van der Waals surface area contributed by atoms with Crippen LogP contribution >= 0.6 is 0 Å². The Morgan fingerprint density at radius 3 is 2.19 bits per heavy atom. The summed E-state index contributed by atoms with van der Waals surface area (Å²) in [6.45, 7) is 0.454. The smallest absolute Gasteiger partial charge is 0.200 e. The lowest BCUT2D eigenvalue weighted by atomic mass is 10.1. The molecule has 4 nitrogen and oxygen atoms in total. The van der Waals surface area contributed by atoms with Gasteiger partial charge in [-0.3, -0.25) is 0 Å². The second kappa shape index (κ2) is 7.24. The van der Waals surface area contributed by atoms with Crippen molar-refractivity contribution in [3.63, 3.8) is 0 Å². The van der Waals surface area contributed by atoms with Crippen LogP contribution in [-0.4, -0.2) is 25.9 Å². The Balaban J connectivity index is 2.03. The van der Waals surface area contributed by atoms with Crippen molar-refractivity contribution >= 4 is 6.08 Å². The summed E-state index contributed by atoms with van der Waals surface area (Å²) < 4.78 is 15.8. The van der Waals surface area contributed by atoms with Gasteiger partial charge in [-0.1, -0.05) is 24.3 Å². The van der Waals surface area contributed by atoms with Crippen LogP contribution in [0.2, 0.25) is 0 Å². The molecule has 4 heteroatoms. The van der Waals surface area contributed by atoms with Gasteiger partial charge in [0.05, 0.1) is 14.2 Å². The lowest BCUT2D eigenvalue weighted by Crippen LogP contribution is -1.93. The Hall–Kier alpha value is -2.62. The van der Waals surface area contributed by atoms with Gasteiger partial charge in [-0.05, 0) is 35.9 Å². The Bertz CT molecular complexity index is 580. The largest absolute Gasteiger partial charge is 0.502 e. The molecule has 0 aliphatic rings.